The molecular weight excluding hydrogens is 365 g/mol. The summed E-state index contributed by atoms with van der Waals surface area (Å²) in [5.41, 5.74) is 4.65. The van der Waals surface area contributed by atoms with Gasteiger partial charge in [-0.05, 0) is 36.2 Å². The maximum atomic E-state index is 6.07. The fraction of sp³-hybridized carbons (Fsp3) is 0.182. The van der Waals surface area contributed by atoms with E-state index in [0.717, 1.165) is 30.0 Å². The van der Waals surface area contributed by atoms with E-state index in [0.29, 0.717) is 16.7 Å². The van der Waals surface area contributed by atoms with Crippen LogP contribution in [-0.4, -0.2) is 0 Å². The van der Waals surface area contributed by atoms with E-state index in [1.165, 1.54) is 11.1 Å². The van der Waals surface area contributed by atoms with Gasteiger partial charge < -0.3 is 10.1 Å². The average Bonchev–Trinajstić information content (AvgIpc) is 2.65. The molecule has 0 bridgehead atoms. The van der Waals surface area contributed by atoms with Gasteiger partial charge in [-0.3, -0.25) is 0 Å². The SMILES string of the molecule is Cc1ccc(CNCc2ccccc2OCc2ccc(Cl)c(Cl)c2)cc1. The van der Waals surface area contributed by atoms with Crippen LogP contribution in [0.2, 0.25) is 10.0 Å². The lowest BCUT2D eigenvalue weighted by molar-refractivity contribution is 0.302. The van der Waals surface area contributed by atoms with Gasteiger partial charge in [0.05, 0.1) is 10.0 Å². The van der Waals surface area contributed by atoms with Gasteiger partial charge in [0.15, 0.2) is 0 Å². The molecule has 0 fully saturated rings. The maximum absolute atomic E-state index is 6.07. The molecule has 0 aliphatic carbocycles. The molecule has 0 heterocycles. The Bertz CT molecular complexity index is 862. The summed E-state index contributed by atoms with van der Waals surface area (Å²) in [6.45, 7) is 4.11. The lowest BCUT2D eigenvalue weighted by Gasteiger charge is -2.13. The van der Waals surface area contributed by atoms with Crippen molar-refractivity contribution in [1.82, 2.24) is 5.32 Å². The Labute approximate surface area is 164 Å². The van der Waals surface area contributed by atoms with E-state index < -0.39 is 0 Å². The van der Waals surface area contributed by atoms with Crippen molar-refractivity contribution >= 4 is 23.2 Å². The van der Waals surface area contributed by atoms with Crippen LogP contribution in [0, 0.1) is 6.92 Å². The zero-order valence-corrected chi connectivity index (χ0v) is 16.1. The molecule has 134 valence electrons. The van der Waals surface area contributed by atoms with Crippen LogP contribution in [0.1, 0.15) is 22.3 Å². The van der Waals surface area contributed by atoms with Gasteiger partial charge in [-0.15, -0.1) is 0 Å². The molecule has 3 aromatic carbocycles. The second kappa shape index (κ2) is 9.09. The minimum atomic E-state index is 0.450. The Morgan fingerprint density at radius 3 is 2.31 bits per heavy atom. The van der Waals surface area contributed by atoms with E-state index in [1.54, 1.807) is 6.07 Å². The first kappa shape index (κ1) is 18.8. The average molecular weight is 386 g/mol. The number of aryl methyl sites for hydroxylation is 1. The number of nitrogens with one attached hydrogen (secondary N) is 1. The summed E-state index contributed by atoms with van der Waals surface area (Å²) in [7, 11) is 0. The first-order valence-electron chi connectivity index (χ1n) is 8.53. The highest BCUT2D eigenvalue weighted by Gasteiger charge is 2.05. The third-order valence-corrected chi connectivity index (χ3v) is 4.86. The van der Waals surface area contributed by atoms with Crippen LogP contribution in [-0.2, 0) is 19.7 Å². The molecule has 1 N–H and O–H groups in total. The Morgan fingerprint density at radius 2 is 1.54 bits per heavy atom. The van der Waals surface area contributed by atoms with Crippen LogP contribution in [0.3, 0.4) is 0 Å². The van der Waals surface area contributed by atoms with E-state index in [4.69, 9.17) is 27.9 Å². The molecule has 0 aliphatic rings. The summed E-state index contributed by atoms with van der Waals surface area (Å²) in [4.78, 5) is 0. The molecule has 0 saturated carbocycles. The minimum absolute atomic E-state index is 0.450. The van der Waals surface area contributed by atoms with Gasteiger partial charge in [0.25, 0.3) is 0 Å². The summed E-state index contributed by atoms with van der Waals surface area (Å²) in [6, 6.07) is 22.2. The van der Waals surface area contributed by atoms with Gasteiger partial charge in [0, 0.05) is 18.7 Å². The topological polar surface area (TPSA) is 21.3 Å². The zero-order chi connectivity index (χ0) is 18.4. The predicted octanol–water partition coefficient (Wildman–Crippen LogP) is 6.17. The second-order valence-electron chi connectivity index (χ2n) is 6.23. The highest BCUT2D eigenvalue weighted by molar-refractivity contribution is 6.42. The van der Waals surface area contributed by atoms with Crippen LogP contribution in [0.15, 0.2) is 66.7 Å². The number of rotatable bonds is 7. The number of benzene rings is 3. The molecule has 0 atom stereocenters. The summed E-state index contributed by atoms with van der Waals surface area (Å²) >= 11 is 12.0. The lowest BCUT2D eigenvalue weighted by atomic mass is 10.1. The molecule has 0 amide bonds. The first-order valence-corrected chi connectivity index (χ1v) is 9.28. The Morgan fingerprint density at radius 1 is 0.808 bits per heavy atom. The lowest BCUT2D eigenvalue weighted by Crippen LogP contribution is -2.13. The molecule has 3 rings (SSSR count). The van der Waals surface area contributed by atoms with Crippen molar-refractivity contribution in [2.75, 3.05) is 0 Å². The van der Waals surface area contributed by atoms with Gasteiger partial charge in [-0.1, -0.05) is 77.3 Å². The van der Waals surface area contributed by atoms with Crippen LogP contribution < -0.4 is 10.1 Å². The highest BCUT2D eigenvalue weighted by Crippen LogP contribution is 2.24. The van der Waals surface area contributed by atoms with Gasteiger partial charge in [0.2, 0.25) is 0 Å². The van der Waals surface area contributed by atoms with Crippen molar-refractivity contribution in [2.24, 2.45) is 0 Å². The summed E-state index contributed by atoms with van der Waals surface area (Å²) < 4.78 is 5.99. The summed E-state index contributed by atoms with van der Waals surface area (Å²) in [5.74, 6) is 0.870. The molecule has 26 heavy (non-hydrogen) atoms. The largest absolute Gasteiger partial charge is 0.489 e. The van der Waals surface area contributed by atoms with Gasteiger partial charge in [-0.25, -0.2) is 0 Å². The summed E-state index contributed by atoms with van der Waals surface area (Å²) in [6.07, 6.45) is 0. The van der Waals surface area contributed by atoms with Gasteiger partial charge in [0.1, 0.15) is 12.4 Å². The Hall–Kier alpha value is -2.00. The van der Waals surface area contributed by atoms with E-state index >= 15 is 0 Å². The number of hydrogen-bond acceptors (Lipinski definition) is 2. The third kappa shape index (κ3) is 5.25. The predicted molar refractivity (Wildman–Crippen MR) is 109 cm³/mol. The standard InChI is InChI=1S/C22H21Cl2NO/c1-16-6-8-17(9-7-16)13-25-14-19-4-2-3-5-22(19)26-15-18-10-11-20(23)21(24)12-18/h2-12,25H,13-15H2,1H3. The molecule has 3 aromatic rings. The van der Waals surface area contributed by atoms with E-state index in [-0.39, 0.29) is 0 Å². The minimum Gasteiger partial charge on any atom is -0.489 e. The van der Waals surface area contributed by atoms with E-state index in [1.807, 2.05) is 30.3 Å². The zero-order valence-electron chi connectivity index (χ0n) is 14.6. The maximum Gasteiger partial charge on any atom is 0.124 e. The van der Waals surface area contributed by atoms with Crippen molar-refractivity contribution < 1.29 is 4.74 Å². The fourth-order valence-electron chi connectivity index (χ4n) is 2.63. The van der Waals surface area contributed by atoms with Gasteiger partial charge >= 0.3 is 0 Å². The second-order valence-corrected chi connectivity index (χ2v) is 7.05. The van der Waals surface area contributed by atoms with Crippen molar-refractivity contribution in [3.63, 3.8) is 0 Å². The molecule has 0 aromatic heterocycles. The number of halogens is 2. The number of ether oxygens (including phenoxy) is 1. The highest BCUT2D eigenvalue weighted by atomic mass is 35.5. The van der Waals surface area contributed by atoms with Crippen LogP contribution >= 0.6 is 23.2 Å². The van der Waals surface area contributed by atoms with E-state index in [9.17, 15) is 0 Å². The van der Waals surface area contributed by atoms with Gasteiger partial charge in [-0.2, -0.15) is 0 Å². The van der Waals surface area contributed by atoms with Crippen LogP contribution in [0.25, 0.3) is 0 Å². The molecule has 0 aliphatic heterocycles. The Kier molecular flexibility index (Phi) is 6.56. The quantitative estimate of drug-likeness (QED) is 0.524. The normalized spacial score (nSPS) is 10.7. The van der Waals surface area contributed by atoms with Crippen LogP contribution in [0.5, 0.6) is 5.75 Å². The Balaban J connectivity index is 1.58. The van der Waals surface area contributed by atoms with Crippen molar-refractivity contribution in [2.45, 2.75) is 26.6 Å². The molecule has 0 spiro atoms. The smallest absolute Gasteiger partial charge is 0.124 e. The van der Waals surface area contributed by atoms with Crippen molar-refractivity contribution in [1.29, 1.82) is 0 Å². The van der Waals surface area contributed by atoms with Crippen LogP contribution in [0.4, 0.5) is 0 Å². The molecule has 0 radical (unpaired) electrons. The first-order chi connectivity index (χ1) is 12.6. The van der Waals surface area contributed by atoms with Crippen molar-refractivity contribution in [3.8, 4) is 5.75 Å². The molecule has 0 saturated heterocycles. The molecule has 0 unspecified atom stereocenters. The number of hydrogen-bond donors (Lipinski definition) is 1. The summed E-state index contributed by atoms with van der Waals surface area (Å²) in [5, 5.41) is 4.57. The van der Waals surface area contributed by atoms with Crippen molar-refractivity contribution in [3.05, 3.63) is 99.0 Å². The molecular formula is C22H21Cl2NO. The molecule has 2 nitrogen and oxygen atoms in total. The monoisotopic (exact) mass is 385 g/mol. The fourth-order valence-corrected chi connectivity index (χ4v) is 2.95. The third-order valence-electron chi connectivity index (χ3n) is 4.12. The number of para-hydroxylation sites is 1. The van der Waals surface area contributed by atoms with E-state index in [2.05, 4.69) is 42.6 Å². The molecule has 4 heteroatoms.